The lowest BCUT2D eigenvalue weighted by Gasteiger charge is -2.33. The van der Waals surface area contributed by atoms with E-state index in [-0.39, 0.29) is 0 Å². The molecule has 0 aliphatic carbocycles. The van der Waals surface area contributed by atoms with Gasteiger partial charge in [-0.25, -0.2) is 0 Å². The molecule has 1 saturated heterocycles. The molecule has 0 amide bonds. The topological polar surface area (TPSA) is 42.2 Å². The Bertz CT molecular complexity index is 437. The maximum atomic E-state index is 5.62. The fourth-order valence-corrected chi connectivity index (χ4v) is 2.85. The molecule has 2 rings (SSSR count). The third kappa shape index (κ3) is 3.98. The van der Waals surface area contributed by atoms with E-state index < -0.39 is 0 Å². The summed E-state index contributed by atoms with van der Waals surface area (Å²) in [5.74, 6) is 1.70. The Morgan fingerprint density at radius 3 is 2.74 bits per heavy atom. The molecule has 0 aromatic carbocycles. The van der Waals surface area contributed by atoms with Crippen LogP contribution in [-0.2, 0) is 6.54 Å². The van der Waals surface area contributed by atoms with Gasteiger partial charge in [0.05, 0.1) is 5.69 Å². The van der Waals surface area contributed by atoms with Crippen molar-refractivity contribution >= 4 is 17.2 Å². The van der Waals surface area contributed by atoms with Gasteiger partial charge in [0.25, 0.3) is 0 Å². The summed E-state index contributed by atoms with van der Waals surface area (Å²) in [6.45, 7) is 8.01. The fourth-order valence-electron chi connectivity index (χ4n) is 2.74. The quantitative estimate of drug-likeness (QED) is 0.859. The highest BCUT2D eigenvalue weighted by Crippen LogP contribution is 2.25. The number of piperidine rings is 1. The summed E-state index contributed by atoms with van der Waals surface area (Å²) in [7, 11) is 0. The van der Waals surface area contributed by atoms with Gasteiger partial charge in [-0.3, -0.25) is 9.88 Å². The molecular weight excluding hydrogens is 254 g/mol. The van der Waals surface area contributed by atoms with Gasteiger partial charge in [-0.2, -0.15) is 0 Å². The summed E-state index contributed by atoms with van der Waals surface area (Å²) < 4.78 is 0. The SMILES string of the molecule is CC(C)C1CCN(Cc2ccnc(C(N)=S)c2)CC1. The van der Waals surface area contributed by atoms with Crippen LogP contribution in [0.5, 0.6) is 0 Å². The highest BCUT2D eigenvalue weighted by Gasteiger charge is 2.21. The number of pyridine rings is 1. The van der Waals surface area contributed by atoms with Gasteiger partial charge in [0.15, 0.2) is 0 Å². The summed E-state index contributed by atoms with van der Waals surface area (Å²) in [5.41, 5.74) is 7.60. The predicted octanol–water partition coefficient (Wildman–Crippen LogP) is 2.58. The van der Waals surface area contributed by atoms with E-state index >= 15 is 0 Å². The van der Waals surface area contributed by atoms with Gasteiger partial charge in [-0.1, -0.05) is 26.1 Å². The molecule has 0 bridgehead atoms. The Hall–Kier alpha value is -1.00. The van der Waals surface area contributed by atoms with Crippen molar-refractivity contribution in [2.24, 2.45) is 17.6 Å². The number of aromatic nitrogens is 1. The first kappa shape index (κ1) is 14.4. The zero-order valence-corrected chi connectivity index (χ0v) is 12.6. The van der Waals surface area contributed by atoms with Gasteiger partial charge >= 0.3 is 0 Å². The highest BCUT2D eigenvalue weighted by atomic mass is 32.1. The molecule has 2 heterocycles. The largest absolute Gasteiger partial charge is 0.388 e. The second-order valence-corrected chi connectivity index (χ2v) is 6.21. The number of nitrogens with two attached hydrogens (primary N) is 1. The highest BCUT2D eigenvalue weighted by molar-refractivity contribution is 7.80. The maximum Gasteiger partial charge on any atom is 0.122 e. The van der Waals surface area contributed by atoms with E-state index in [9.17, 15) is 0 Å². The first-order valence-electron chi connectivity index (χ1n) is 7.03. The zero-order valence-electron chi connectivity index (χ0n) is 11.8. The number of nitrogens with zero attached hydrogens (tertiary/aromatic N) is 2. The molecule has 1 aliphatic heterocycles. The molecule has 104 valence electrons. The van der Waals surface area contributed by atoms with Gasteiger partial charge in [0.2, 0.25) is 0 Å². The molecule has 1 aromatic heterocycles. The first-order valence-corrected chi connectivity index (χ1v) is 7.44. The Morgan fingerprint density at radius 1 is 1.47 bits per heavy atom. The molecule has 0 radical (unpaired) electrons. The number of rotatable bonds is 4. The van der Waals surface area contributed by atoms with Crippen LogP contribution in [0.25, 0.3) is 0 Å². The zero-order chi connectivity index (χ0) is 13.8. The lowest BCUT2D eigenvalue weighted by atomic mass is 9.86. The molecule has 0 unspecified atom stereocenters. The molecular formula is C15H23N3S. The molecule has 3 nitrogen and oxygen atoms in total. The van der Waals surface area contributed by atoms with Gasteiger partial charge in [0.1, 0.15) is 4.99 Å². The van der Waals surface area contributed by atoms with Gasteiger partial charge in [-0.05, 0) is 55.5 Å². The van der Waals surface area contributed by atoms with Crippen molar-refractivity contribution < 1.29 is 0 Å². The van der Waals surface area contributed by atoms with Crippen molar-refractivity contribution in [3.05, 3.63) is 29.6 Å². The predicted molar refractivity (Wildman–Crippen MR) is 83.0 cm³/mol. The third-order valence-corrected chi connectivity index (χ3v) is 4.27. The van der Waals surface area contributed by atoms with Gasteiger partial charge in [0, 0.05) is 12.7 Å². The van der Waals surface area contributed by atoms with Crippen LogP contribution in [0.2, 0.25) is 0 Å². The van der Waals surface area contributed by atoms with Crippen molar-refractivity contribution in [2.75, 3.05) is 13.1 Å². The smallest absolute Gasteiger partial charge is 0.122 e. The lowest BCUT2D eigenvalue weighted by Crippen LogP contribution is -2.34. The van der Waals surface area contributed by atoms with Crippen LogP contribution in [0, 0.1) is 11.8 Å². The minimum absolute atomic E-state index is 0.375. The van der Waals surface area contributed by atoms with Crippen molar-refractivity contribution in [1.29, 1.82) is 0 Å². The molecule has 0 saturated carbocycles. The second-order valence-electron chi connectivity index (χ2n) is 5.77. The molecule has 1 fully saturated rings. The molecule has 0 atom stereocenters. The van der Waals surface area contributed by atoms with E-state index in [2.05, 4.69) is 29.8 Å². The van der Waals surface area contributed by atoms with E-state index in [0.717, 1.165) is 24.1 Å². The summed E-state index contributed by atoms with van der Waals surface area (Å²) in [4.78, 5) is 7.07. The van der Waals surface area contributed by atoms with Gasteiger partial charge < -0.3 is 5.73 Å². The van der Waals surface area contributed by atoms with Crippen LogP contribution >= 0.6 is 12.2 Å². The van der Waals surface area contributed by atoms with Crippen LogP contribution in [0.4, 0.5) is 0 Å². The average Bonchev–Trinajstić information content (AvgIpc) is 2.39. The normalized spacial score (nSPS) is 17.8. The second kappa shape index (κ2) is 6.44. The number of hydrogen-bond donors (Lipinski definition) is 1. The Kier molecular flexibility index (Phi) is 4.88. The average molecular weight is 277 g/mol. The third-order valence-electron chi connectivity index (χ3n) is 4.06. The van der Waals surface area contributed by atoms with Crippen LogP contribution < -0.4 is 5.73 Å². The minimum Gasteiger partial charge on any atom is -0.388 e. The minimum atomic E-state index is 0.375. The van der Waals surface area contributed by atoms with Crippen molar-refractivity contribution in [3.63, 3.8) is 0 Å². The number of likely N-dealkylation sites (tertiary alicyclic amines) is 1. The fraction of sp³-hybridized carbons (Fsp3) is 0.600. The van der Waals surface area contributed by atoms with Gasteiger partial charge in [-0.15, -0.1) is 0 Å². The van der Waals surface area contributed by atoms with Crippen molar-refractivity contribution in [1.82, 2.24) is 9.88 Å². The molecule has 19 heavy (non-hydrogen) atoms. The van der Waals surface area contributed by atoms with Crippen LogP contribution in [0.15, 0.2) is 18.3 Å². The van der Waals surface area contributed by atoms with E-state index in [1.165, 1.54) is 31.5 Å². The van der Waals surface area contributed by atoms with Crippen molar-refractivity contribution in [3.8, 4) is 0 Å². The first-order chi connectivity index (χ1) is 9.06. The van der Waals surface area contributed by atoms with Crippen LogP contribution in [0.3, 0.4) is 0 Å². The molecule has 0 spiro atoms. The van der Waals surface area contributed by atoms with E-state index in [1.807, 2.05) is 6.07 Å². The summed E-state index contributed by atoms with van der Waals surface area (Å²) in [6.07, 6.45) is 4.42. The summed E-state index contributed by atoms with van der Waals surface area (Å²) in [6, 6.07) is 4.06. The van der Waals surface area contributed by atoms with Crippen molar-refractivity contribution in [2.45, 2.75) is 33.2 Å². The molecule has 2 N–H and O–H groups in total. The molecule has 4 heteroatoms. The molecule has 1 aliphatic rings. The number of thiocarbonyl (C=S) groups is 1. The van der Waals surface area contributed by atoms with E-state index in [1.54, 1.807) is 6.20 Å². The van der Waals surface area contributed by atoms with Crippen LogP contribution in [-0.4, -0.2) is 28.0 Å². The van der Waals surface area contributed by atoms with E-state index in [0.29, 0.717) is 4.99 Å². The standard InChI is InChI=1S/C15H23N3S/c1-11(2)13-4-7-18(8-5-13)10-12-3-6-17-14(9-12)15(16)19/h3,6,9,11,13H,4-5,7-8,10H2,1-2H3,(H2,16,19). The summed E-state index contributed by atoms with van der Waals surface area (Å²) in [5, 5.41) is 0. The maximum absolute atomic E-state index is 5.62. The Balaban J connectivity index is 1.92. The lowest BCUT2D eigenvalue weighted by molar-refractivity contribution is 0.152. The number of hydrogen-bond acceptors (Lipinski definition) is 3. The monoisotopic (exact) mass is 277 g/mol. The van der Waals surface area contributed by atoms with E-state index in [4.69, 9.17) is 18.0 Å². The Labute approximate surface area is 121 Å². The van der Waals surface area contributed by atoms with Crippen LogP contribution in [0.1, 0.15) is 37.9 Å². The molecule has 1 aromatic rings. The summed E-state index contributed by atoms with van der Waals surface area (Å²) >= 11 is 4.97. The Morgan fingerprint density at radius 2 is 2.16 bits per heavy atom.